The second-order valence-corrected chi connectivity index (χ2v) is 3.12. The zero-order chi connectivity index (χ0) is 7.68. The summed E-state index contributed by atoms with van der Waals surface area (Å²) < 4.78 is 4.10. The Kier molecular flexibility index (Phi) is 1.71. The molecule has 1 unspecified atom stereocenters. The zero-order valence-electron chi connectivity index (χ0n) is 6.16. The summed E-state index contributed by atoms with van der Waals surface area (Å²) in [4.78, 5) is 4.01. The lowest BCUT2D eigenvalue weighted by molar-refractivity contribution is 0.727. The van der Waals surface area contributed by atoms with Gasteiger partial charge < -0.3 is 5.32 Å². The summed E-state index contributed by atoms with van der Waals surface area (Å²) in [5, 5.41) is 3.28. The molecule has 0 saturated carbocycles. The van der Waals surface area contributed by atoms with Crippen molar-refractivity contribution in [2.24, 2.45) is 0 Å². The first kappa shape index (κ1) is 6.94. The molecule has 1 aliphatic rings. The van der Waals surface area contributed by atoms with Gasteiger partial charge in [0.2, 0.25) is 0 Å². The maximum absolute atomic E-state index is 4.10. The molecule has 0 amide bonds. The molecule has 2 rings (SSSR count). The van der Waals surface area contributed by atoms with Crippen molar-refractivity contribution in [3.8, 4) is 0 Å². The van der Waals surface area contributed by atoms with Gasteiger partial charge in [0.1, 0.15) is 0 Å². The van der Waals surface area contributed by atoms with Crippen molar-refractivity contribution in [1.29, 1.82) is 0 Å². The molecule has 57 valence electrons. The largest absolute Gasteiger partial charge is 0.307 e. The number of aromatic nitrogens is 2. The van der Waals surface area contributed by atoms with E-state index >= 15 is 0 Å². The number of hydrogen-bond acceptors (Lipinski definition) is 4. The van der Waals surface area contributed by atoms with Crippen LogP contribution in [0.1, 0.15) is 12.7 Å². The summed E-state index contributed by atoms with van der Waals surface area (Å²) in [7, 11) is 0. The first-order valence-corrected chi connectivity index (χ1v) is 4.28. The van der Waals surface area contributed by atoms with Gasteiger partial charge in [-0.25, -0.2) is 4.98 Å². The van der Waals surface area contributed by atoms with Gasteiger partial charge in [-0.05, 0) is 18.5 Å². The van der Waals surface area contributed by atoms with Crippen molar-refractivity contribution in [2.45, 2.75) is 13.0 Å². The third-order valence-electron chi connectivity index (χ3n) is 1.68. The van der Waals surface area contributed by atoms with E-state index in [9.17, 15) is 0 Å². The predicted molar refractivity (Wildman–Crippen MR) is 44.2 cm³/mol. The second-order valence-electron chi connectivity index (χ2n) is 2.57. The summed E-state index contributed by atoms with van der Waals surface area (Å²) in [6.45, 7) is 2.99. The molecule has 0 spiro atoms. The summed E-state index contributed by atoms with van der Waals surface area (Å²) in [5.41, 5.74) is 3.92. The molecule has 0 saturated heterocycles. The molecule has 0 fully saturated rings. The van der Waals surface area contributed by atoms with Gasteiger partial charge >= 0.3 is 0 Å². The Hall–Kier alpha value is -0.740. The van der Waals surface area contributed by atoms with E-state index in [4.69, 9.17) is 0 Å². The van der Waals surface area contributed by atoms with Crippen LogP contribution in [0, 0.1) is 5.51 Å². The molecule has 11 heavy (non-hydrogen) atoms. The predicted octanol–water partition coefficient (Wildman–Crippen LogP) is 0.713. The van der Waals surface area contributed by atoms with Crippen molar-refractivity contribution < 1.29 is 0 Å². The molecule has 1 atom stereocenters. The SMILES string of the molecule is CC1C=C(c2n[c]sn2)CN1. The Bertz CT molecular complexity index is 265. The topological polar surface area (TPSA) is 37.8 Å². The fourth-order valence-corrected chi connectivity index (χ4v) is 1.53. The van der Waals surface area contributed by atoms with Gasteiger partial charge in [0.25, 0.3) is 0 Å². The fraction of sp³-hybridized carbons (Fsp3) is 0.429. The van der Waals surface area contributed by atoms with E-state index in [1.807, 2.05) is 0 Å². The number of nitrogens with zero attached hydrogens (tertiary/aromatic N) is 2. The Labute approximate surface area is 69.3 Å². The normalized spacial score (nSPS) is 23.7. The van der Waals surface area contributed by atoms with Crippen molar-refractivity contribution in [3.05, 3.63) is 17.4 Å². The van der Waals surface area contributed by atoms with E-state index in [1.54, 1.807) is 0 Å². The van der Waals surface area contributed by atoms with Gasteiger partial charge in [0.05, 0.1) is 0 Å². The molecule has 1 aliphatic heterocycles. The second kappa shape index (κ2) is 2.71. The van der Waals surface area contributed by atoms with Crippen LogP contribution >= 0.6 is 11.5 Å². The fourth-order valence-electron chi connectivity index (χ4n) is 1.12. The average Bonchev–Trinajstić information content (AvgIpc) is 2.55. The molecule has 1 aromatic heterocycles. The molecule has 0 aromatic carbocycles. The van der Waals surface area contributed by atoms with Crippen LogP contribution in [0.5, 0.6) is 0 Å². The highest BCUT2D eigenvalue weighted by atomic mass is 32.1. The minimum absolute atomic E-state index is 0.452. The van der Waals surface area contributed by atoms with Crippen LogP contribution in [0.3, 0.4) is 0 Å². The molecule has 1 N–H and O–H groups in total. The third kappa shape index (κ3) is 1.32. The molecule has 3 nitrogen and oxygen atoms in total. The standard InChI is InChI=1S/C7H8N3S/c1-5-2-6(3-8-5)7-9-4-11-10-7/h2,5,8H,3H2,1H3. The van der Waals surface area contributed by atoms with Gasteiger partial charge in [0, 0.05) is 18.2 Å². The number of rotatable bonds is 1. The molecular formula is C7H8N3S. The van der Waals surface area contributed by atoms with Crippen molar-refractivity contribution in [3.63, 3.8) is 0 Å². The number of hydrogen-bond donors (Lipinski definition) is 1. The Morgan fingerprint density at radius 2 is 2.73 bits per heavy atom. The van der Waals surface area contributed by atoms with Gasteiger partial charge in [-0.1, -0.05) is 6.08 Å². The van der Waals surface area contributed by atoms with E-state index in [1.165, 1.54) is 17.1 Å². The van der Waals surface area contributed by atoms with Crippen molar-refractivity contribution in [1.82, 2.24) is 14.7 Å². The molecular weight excluding hydrogens is 158 g/mol. The lowest BCUT2D eigenvalue weighted by atomic mass is 10.2. The highest BCUT2D eigenvalue weighted by Crippen LogP contribution is 2.14. The van der Waals surface area contributed by atoms with Crippen molar-refractivity contribution >= 4 is 17.1 Å². The van der Waals surface area contributed by atoms with Gasteiger partial charge in [-0.3, -0.25) is 0 Å². The zero-order valence-corrected chi connectivity index (χ0v) is 6.98. The first-order valence-electron chi connectivity index (χ1n) is 3.50. The van der Waals surface area contributed by atoms with Gasteiger partial charge in [-0.15, -0.1) is 0 Å². The number of nitrogens with one attached hydrogen (secondary N) is 1. The molecule has 1 radical (unpaired) electrons. The van der Waals surface area contributed by atoms with Crippen LogP contribution in [-0.2, 0) is 0 Å². The van der Waals surface area contributed by atoms with Crippen LogP contribution in [-0.4, -0.2) is 21.9 Å². The highest BCUT2D eigenvalue weighted by Gasteiger charge is 2.13. The van der Waals surface area contributed by atoms with E-state index < -0.39 is 0 Å². The minimum atomic E-state index is 0.452. The van der Waals surface area contributed by atoms with E-state index in [0.717, 1.165) is 12.4 Å². The van der Waals surface area contributed by atoms with E-state index in [-0.39, 0.29) is 0 Å². The van der Waals surface area contributed by atoms with E-state index in [0.29, 0.717) is 6.04 Å². The molecule has 2 heterocycles. The summed E-state index contributed by atoms with van der Waals surface area (Å²) in [6, 6.07) is 0.452. The van der Waals surface area contributed by atoms with Crippen LogP contribution in [0.25, 0.3) is 5.57 Å². The van der Waals surface area contributed by atoms with Crippen LogP contribution in [0.15, 0.2) is 6.08 Å². The maximum atomic E-state index is 4.10. The van der Waals surface area contributed by atoms with Gasteiger partial charge in [0.15, 0.2) is 11.3 Å². The lowest BCUT2D eigenvalue weighted by Crippen LogP contribution is -2.17. The Morgan fingerprint density at radius 1 is 1.82 bits per heavy atom. The van der Waals surface area contributed by atoms with Crippen LogP contribution in [0.2, 0.25) is 0 Å². The average molecular weight is 166 g/mol. The minimum Gasteiger partial charge on any atom is -0.307 e. The third-order valence-corrected chi connectivity index (χ3v) is 2.11. The van der Waals surface area contributed by atoms with Gasteiger partial charge in [-0.2, -0.15) is 4.37 Å². The smallest absolute Gasteiger partial charge is 0.174 e. The Balaban J connectivity index is 2.25. The summed E-state index contributed by atoms with van der Waals surface area (Å²) in [5.74, 6) is 0.826. The van der Waals surface area contributed by atoms with Crippen LogP contribution < -0.4 is 5.32 Å². The first-order chi connectivity index (χ1) is 5.36. The maximum Gasteiger partial charge on any atom is 0.174 e. The molecule has 0 bridgehead atoms. The Morgan fingerprint density at radius 3 is 3.27 bits per heavy atom. The monoisotopic (exact) mass is 166 g/mol. The molecule has 4 heteroatoms. The highest BCUT2D eigenvalue weighted by molar-refractivity contribution is 7.02. The van der Waals surface area contributed by atoms with E-state index in [2.05, 4.69) is 33.2 Å². The van der Waals surface area contributed by atoms with Crippen LogP contribution in [0.4, 0.5) is 0 Å². The molecule has 1 aromatic rings. The lowest BCUT2D eigenvalue weighted by Gasteiger charge is -1.95. The molecule has 0 aliphatic carbocycles. The van der Waals surface area contributed by atoms with Crippen molar-refractivity contribution in [2.75, 3.05) is 6.54 Å². The summed E-state index contributed by atoms with van der Waals surface area (Å²) in [6.07, 6.45) is 2.15. The quantitative estimate of drug-likeness (QED) is 0.667. The summed E-state index contributed by atoms with van der Waals surface area (Å²) >= 11 is 1.27.